The number of benzene rings is 2. The van der Waals surface area contributed by atoms with E-state index in [-0.39, 0.29) is 11.9 Å². The standard InChI is InChI=1S/C21H25FN4/c1-15-13-20(24-16(2)18-8-4-3-5-9-18)26-21(23,25-15)12-11-17-7-6-10-19(22)14-17/h3-10,13-14,16,25H,11-12,23H2,1-2H3,(H,24,26)/t16-,21?/m0/s1. The van der Waals surface area contributed by atoms with Gasteiger partial charge in [0.05, 0.1) is 6.04 Å². The Bertz CT molecular complexity index is 816. The van der Waals surface area contributed by atoms with Gasteiger partial charge in [-0.15, -0.1) is 0 Å². The lowest BCUT2D eigenvalue weighted by atomic mass is 10.0. The molecular formula is C21H25FN4. The molecule has 3 rings (SSSR count). The van der Waals surface area contributed by atoms with Crippen LogP contribution < -0.4 is 16.4 Å². The molecule has 2 aromatic carbocycles. The van der Waals surface area contributed by atoms with E-state index in [0.29, 0.717) is 12.8 Å². The number of hydrogen-bond acceptors (Lipinski definition) is 3. The van der Waals surface area contributed by atoms with E-state index in [0.717, 1.165) is 22.7 Å². The molecule has 1 heterocycles. The number of aryl methyl sites for hydroxylation is 1. The van der Waals surface area contributed by atoms with Gasteiger partial charge in [0.15, 0.2) is 5.79 Å². The maximum atomic E-state index is 13.4. The average Bonchev–Trinajstić information content (AvgIpc) is 2.60. The van der Waals surface area contributed by atoms with Crippen LogP contribution in [0.25, 0.3) is 0 Å². The molecule has 0 saturated carbocycles. The zero-order chi connectivity index (χ0) is 18.6. The van der Waals surface area contributed by atoms with Gasteiger partial charge in [-0.05, 0) is 49.6 Å². The predicted molar refractivity (Wildman–Crippen MR) is 104 cm³/mol. The van der Waals surface area contributed by atoms with Crippen molar-refractivity contribution in [2.45, 2.75) is 38.5 Å². The summed E-state index contributed by atoms with van der Waals surface area (Å²) < 4.78 is 13.4. The number of amidine groups is 1. The van der Waals surface area contributed by atoms with Crippen molar-refractivity contribution in [3.8, 4) is 0 Å². The van der Waals surface area contributed by atoms with E-state index in [4.69, 9.17) is 10.7 Å². The van der Waals surface area contributed by atoms with Gasteiger partial charge in [-0.3, -0.25) is 10.7 Å². The molecule has 0 amide bonds. The SMILES string of the molecule is CC1=CC(=N[C@@H](C)c2ccccc2)NC(N)(CCc2cccc(F)c2)N1. The molecule has 1 aliphatic rings. The maximum Gasteiger partial charge on any atom is 0.162 e. The highest BCUT2D eigenvalue weighted by Gasteiger charge is 2.28. The second-order valence-corrected chi connectivity index (χ2v) is 6.78. The highest BCUT2D eigenvalue weighted by molar-refractivity contribution is 5.95. The molecule has 1 unspecified atom stereocenters. The lowest BCUT2D eigenvalue weighted by molar-refractivity contribution is 0.306. The Kier molecular flexibility index (Phi) is 5.38. The van der Waals surface area contributed by atoms with Crippen molar-refractivity contribution in [1.29, 1.82) is 0 Å². The Labute approximate surface area is 154 Å². The van der Waals surface area contributed by atoms with Crippen LogP contribution >= 0.6 is 0 Å². The van der Waals surface area contributed by atoms with Crippen LogP contribution in [0.2, 0.25) is 0 Å². The van der Waals surface area contributed by atoms with Crippen LogP contribution in [0, 0.1) is 5.82 Å². The van der Waals surface area contributed by atoms with Crippen LogP contribution in [0.4, 0.5) is 4.39 Å². The molecule has 4 nitrogen and oxygen atoms in total. The molecule has 2 atom stereocenters. The first-order valence-corrected chi connectivity index (χ1v) is 8.84. The molecule has 0 radical (unpaired) electrons. The van der Waals surface area contributed by atoms with E-state index >= 15 is 0 Å². The molecule has 26 heavy (non-hydrogen) atoms. The Morgan fingerprint density at radius 1 is 1.12 bits per heavy atom. The van der Waals surface area contributed by atoms with Crippen LogP contribution in [0.5, 0.6) is 0 Å². The summed E-state index contributed by atoms with van der Waals surface area (Å²) in [6, 6.07) is 16.8. The second-order valence-electron chi connectivity index (χ2n) is 6.78. The molecule has 0 bridgehead atoms. The highest BCUT2D eigenvalue weighted by Crippen LogP contribution is 2.19. The summed E-state index contributed by atoms with van der Waals surface area (Å²) in [5.74, 6) is -0.298. The van der Waals surface area contributed by atoms with Gasteiger partial charge in [0.1, 0.15) is 11.7 Å². The van der Waals surface area contributed by atoms with Crippen LogP contribution in [0.15, 0.2) is 71.4 Å². The Morgan fingerprint density at radius 2 is 1.88 bits per heavy atom. The summed E-state index contributed by atoms with van der Waals surface area (Å²) in [6.07, 6.45) is 3.20. The minimum absolute atomic E-state index is 0.0216. The van der Waals surface area contributed by atoms with E-state index in [2.05, 4.69) is 29.7 Å². The third-order valence-corrected chi connectivity index (χ3v) is 4.44. The number of nitrogens with one attached hydrogen (secondary N) is 2. The summed E-state index contributed by atoms with van der Waals surface area (Å²) in [5, 5.41) is 6.57. The molecule has 4 N–H and O–H groups in total. The molecule has 5 heteroatoms. The van der Waals surface area contributed by atoms with Crippen molar-refractivity contribution in [1.82, 2.24) is 10.6 Å². The van der Waals surface area contributed by atoms with Gasteiger partial charge in [-0.2, -0.15) is 0 Å². The van der Waals surface area contributed by atoms with E-state index in [1.165, 1.54) is 6.07 Å². The number of nitrogens with two attached hydrogens (primary N) is 1. The predicted octanol–water partition coefficient (Wildman–Crippen LogP) is 3.63. The van der Waals surface area contributed by atoms with Crippen molar-refractivity contribution in [3.05, 3.63) is 83.3 Å². The lowest BCUT2D eigenvalue weighted by Crippen LogP contribution is -2.67. The normalized spacial score (nSPS) is 22.3. The average molecular weight is 352 g/mol. The number of rotatable bonds is 5. The second kappa shape index (κ2) is 7.70. The van der Waals surface area contributed by atoms with Crippen LogP contribution in [-0.4, -0.2) is 11.6 Å². The highest BCUT2D eigenvalue weighted by atomic mass is 19.1. The van der Waals surface area contributed by atoms with Gasteiger partial charge in [-0.25, -0.2) is 4.39 Å². The van der Waals surface area contributed by atoms with Crippen LogP contribution in [0.1, 0.15) is 37.4 Å². The van der Waals surface area contributed by atoms with Gasteiger partial charge >= 0.3 is 0 Å². The zero-order valence-corrected chi connectivity index (χ0v) is 15.2. The van der Waals surface area contributed by atoms with Gasteiger partial charge in [-0.1, -0.05) is 42.5 Å². The van der Waals surface area contributed by atoms with Crippen molar-refractivity contribution in [2.75, 3.05) is 0 Å². The Hall–Kier alpha value is -2.66. The first-order valence-electron chi connectivity index (χ1n) is 8.84. The third kappa shape index (κ3) is 4.70. The number of hydrogen-bond donors (Lipinski definition) is 3. The maximum absolute atomic E-state index is 13.4. The van der Waals surface area contributed by atoms with E-state index in [1.807, 2.05) is 37.3 Å². The lowest BCUT2D eigenvalue weighted by Gasteiger charge is -2.37. The quantitative estimate of drug-likeness (QED) is 0.770. The first kappa shape index (κ1) is 18.1. The summed E-state index contributed by atoms with van der Waals surface area (Å²) in [4.78, 5) is 4.77. The zero-order valence-electron chi connectivity index (χ0n) is 15.2. The van der Waals surface area contributed by atoms with Crippen LogP contribution in [0.3, 0.4) is 0 Å². The van der Waals surface area contributed by atoms with Gasteiger partial charge < -0.3 is 10.6 Å². The molecule has 136 valence electrons. The summed E-state index contributed by atoms with van der Waals surface area (Å²) in [5.41, 5.74) is 9.52. The minimum Gasteiger partial charge on any atom is -0.354 e. The van der Waals surface area contributed by atoms with Crippen molar-refractivity contribution in [2.24, 2.45) is 10.7 Å². The number of halogens is 1. The minimum atomic E-state index is -0.819. The smallest absolute Gasteiger partial charge is 0.162 e. The Morgan fingerprint density at radius 3 is 2.62 bits per heavy atom. The third-order valence-electron chi connectivity index (χ3n) is 4.44. The fourth-order valence-corrected chi connectivity index (χ4v) is 3.13. The van der Waals surface area contributed by atoms with E-state index < -0.39 is 5.79 Å². The van der Waals surface area contributed by atoms with Crippen molar-refractivity contribution < 1.29 is 4.39 Å². The van der Waals surface area contributed by atoms with E-state index in [9.17, 15) is 4.39 Å². The van der Waals surface area contributed by atoms with E-state index in [1.54, 1.807) is 12.1 Å². The van der Waals surface area contributed by atoms with Gasteiger partial charge in [0, 0.05) is 12.1 Å². The summed E-state index contributed by atoms with van der Waals surface area (Å²) >= 11 is 0. The number of allylic oxidation sites excluding steroid dienone is 1. The topological polar surface area (TPSA) is 62.4 Å². The fraction of sp³-hybridized carbons (Fsp3) is 0.286. The number of aliphatic imine (C=N–C) groups is 1. The summed E-state index contributed by atoms with van der Waals surface area (Å²) in [6.45, 7) is 4.02. The van der Waals surface area contributed by atoms with Crippen molar-refractivity contribution in [3.63, 3.8) is 0 Å². The molecule has 0 saturated heterocycles. The molecule has 0 aromatic heterocycles. The molecule has 0 fully saturated rings. The molecule has 2 aromatic rings. The number of nitrogens with zero attached hydrogens (tertiary/aromatic N) is 1. The van der Waals surface area contributed by atoms with Crippen LogP contribution in [-0.2, 0) is 6.42 Å². The molecular weight excluding hydrogens is 327 g/mol. The molecule has 0 aliphatic carbocycles. The Balaban J connectivity index is 1.72. The fourth-order valence-electron chi connectivity index (χ4n) is 3.13. The monoisotopic (exact) mass is 352 g/mol. The van der Waals surface area contributed by atoms with Crippen molar-refractivity contribution >= 4 is 5.84 Å². The summed E-state index contributed by atoms with van der Waals surface area (Å²) in [7, 11) is 0. The molecule has 1 aliphatic heterocycles. The first-order chi connectivity index (χ1) is 12.4. The van der Waals surface area contributed by atoms with Gasteiger partial charge in [0.25, 0.3) is 0 Å². The van der Waals surface area contributed by atoms with Gasteiger partial charge in [0.2, 0.25) is 0 Å². The largest absolute Gasteiger partial charge is 0.354 e. The molecule has 0 spiro atoms.